The van der Waals surface area contributed by atoms with E-state index >= 15 is 0 Å². The third kappa shape index (κ3) is 4.44. The van der Waals surface area contributed by atoms with Gasteiger partial charge >= 0.3 is 6.18 Å². The molecule has 3 aromatic rings. The van der Waals surface area contributed by atoms with Gasteiger partial charge in [-0.3, -0.25) is 4.79 Å². The van der Waals surface area contributed by atoms with Crippen molar-refractivity contribution in [2.75, 3.05) is 18.4 Å². The van der Waals surface area contributed by atoms with E-state index in [1.54, 1.807) is 18.5 Å². The highest BCUT2D eigenvalue weighted by Crippen LogP contribution is 2.55. The van der Waals surface area contributed by atoms with Crippen molar-refractivity contribution >= 4 is 11.9 Å². The molecule has 7 nitrogen and oxygen atoms in total. The fraction of sp³-hybridized carbons (Fsp3) is 0.375. The number of anilines is 1. The molecule has 176 valence electrons. The minimum Gasteiger partial charge on any atom is -0.352 e. The molecular formula is C24H23F3N6O. The number of halogens is 3. The summed E-state index contributed by atoms with van der Waals surface area (Å²) in [5.41, 5.74) is 1.39. The van der Waals surface area contributed by atoms with Gasteiger partial charge in [0.25, 0.3) is 5.91 Å². The molecule has 1 amide bonds. The van der Waals surface area contributed by atoms with Crippen LogP contribution in [0, 0.1) is 12.3 Å². The van der Waals surface area contributed by atoms with Crippen molar-refractivity contribution in [1.82, 2.24) is 24.8 Å². The fourth-order valence-corrected chi connectivity index (χ4v) is 4.52. The van der Waals surface area contributed by atoms with Gasteiger partial charge in [0.05, 0.1) is 11.1 Å². The third-order valence-corrected chi connectivity index (χ3v) is 6.52. The molecule has 2 aliphatic rings. The van der Waals surface area contributed by atoms with E-state index in [0.717, 1.165) is 37.2 Å². The molecule has 1 aromatic carbocycles. The van der Waals surface area contributed by atoms with E-state index in [-0.39, 0.29) is 23.3 Å². The molecule has 1 unspecified atom stereocenters. The summed E-state index contributed by atoms with van der Waals surface area (Å²) in [7, 11) is 0. The number of nitrogens with one attached hydrogen (secondary N) is 1. The van der Waals surface area contributed by atoms with Gasteiger partial charge in [0, 0.05) is 49.5 Å². The van der Waals surface area contributed by atoms with Gasteiger partial charge in [0.2, 0.25) is 5.95 Å². The Morgan fingerprint density at radius 1 is 1.15 bits per heavy atom. The normalized spacial score (nSPS) is 18.8. The Kier molecular flexibility index (Phi) is 5.45. The molecule has 3 heterocycles. The number of aryl methyl sites for hydroxylation is 1. The number of aromatic nitrogens is 4. The number of carbonyl (C=O) groups excluding carboxylic acids is 1. The van der Waals surface area contributed by atoms with Crippen molar-refractivity contribution < 1.29 is 18.0 Å². The Balaban J connectivity index is 1.37. The first-order valence-electron chi connectivity index (χ1n) is 11.1. The lowest BCUT2D eigenvalue weighted by Gasteiger charge is -2.26. The number of hydrogen-bond donors (Lipinski definition) is 1. The van der Waals surface area contributed by atoms with E-state index in [1.807, 2.05) is 30.0 Å². The second kappa shape index (κ2) is 8.34. The van der Waals surface area contributed by atoms with Crippen molar-refractivity contribution in [3.05, 3.63) is 65.7 Å². The molecule has 1 saturated heterocycles. The summed E-state index contributed by atoms with van der Waals surface area (Å²) in [6.45, 7) is 2.93. The zero-order valence-corrected chi connectivity index (χ0v) is 18.5. The van der Waals surface area contributed by atoms with Gasteiger partial charge in [0.1, 0.15) is 0 Å². The average Bonchev–Trinajstić information content (AvgIpc) is 3.48. The molecule has 1 N–H and O–H groups in total. The minimum atomic E-state index is -4.49. The molecule has 2 aromatic heterocycles. The van der Waals surface area contributed by atoms with Crippen LogP contribution in [0.2, 0.25) is 0 Å². The number of rotatable bonds is 5. The first kappa shape index (κ1) is 22.2. The standard InChI is InChI=1S/C24H23F3N6O/c1-15-3-4-18(20-28-7-2-8-29-20)19(9-15)21(34)33-14-23(5-6-23)10-17(33)13-32-22-30-11-16(12-31-22)24(25,26)27/h2-4,7-9,11-12,17H,5-6,10,13-14H2,1H3,(H,30,31,32). The quantitative estimate of drug-likeness (QED) is 0.599. The summed E-state index contributed by atoms with van der Waals surface area (Å²) in [4.78, 5) is 31.9. The van der Waals surface area contributed by atoms with Crippen LogP contribution in [0.25, 0.3) is 11.4 Å². The van der Waals surface area contributed by atoms with Crippen LogP contribution in [0.15, 0.2) is 49.1 Å². The Labute approximate surface area is 194 Å². The number of amides is 1. The molecule has 1 atom stereocenters. The predicted molar refractivity (Wildman–Crippen MR) is 119 cm³/mol. The highest BCUT2D eigenvalue weighted by molar-refractivity contribution is 6.00. The van der Waals surface area contributed by atoms with Crippen LogP contribution in [0.5, 0.6) is 0 Å². The second-order valence-corrected chi connectivity index (χ2v) is 9.09. The van der Waals surface area contributed by atoms with E-state index in [0.29, 0.717) is 30.0 Å². The number of benzene rings is 1. The maximum atomic E-state index is 13.8. The predicted octanol–water partition coefficient (Wildman–Crippen LogP) is 4.37. The highest BCUT2D eigenvalue weighted by Gasteiger charge is 2.53. The average molecular weight is 468 g/mol. The molecule has 1 aliphatic heterocycles. The van der Waals surface area contributed by atoms with Crippen molar-refractivity contribution in [2.45, 2.75) is 38.4 Å². The van der Waals surface area contributed by atoms with Crippen molar-refractivity contribution in [3.8, 4) is 11.4 Å². The van der Waals surface area contributed by atoms with E-state index in [4.69, 9.17) is 0 Å². The second-order valence-electron chi connectivity index (χ2n) is 9.09. The Morgan fingerprint density at radius 3 is 2.50 bits per heavy atom. The highest BCUT2D eigenvalue weighted by atomic mass is 19.4. The molecular weight excluding hydrogens is 445 g/mol. The van der Waals surface area contributed by atoms with Crippen LogP contribution in [0.1, 0.15) is 40.7 Å². The van der Waals surface area contributed by atoms with Crippen molar-refractivity contribution in [1.29, 1.82) is 0 Å². The zero-order valence-electron chi connectivity index (χ0n) is 18.5. The first-order valence-corrected chi connectivity index (χ1v) is 11.1. The van der Waals surface area contributed by atoms with Crippen LogP contribution in [-0.4, -0.2) is 49.9 Å². The van der Waals surface area contributed by atoms with Crippen LogP contribution >= 0.6 is 0 Å². The molecule has 5 rings (SSSR count). The minimum absolute atomic E-state index is 0.102. The SMILES string of the molecule is Cc1ccc(-c2ncccn2)c(C(=O)N2CC3(CC3)CC2CNc2ncc(C(F)(F)F)cn2)c1. The molecule has 2 fully saturated rings. The molecule has 10 heteroatoms. The molecule has 0 bridgehead atoms. The Morgan fingerprint density at radius 2 is 1.85 bits per heavy atom. The van der Waals surface area contributed by atoms with Crippen LogP contribution in [-0.2, 0) is 6.18 Å². The lowest BCUT2D eigenvalue weighted by Crippen LogP contribution is -2.40. The lowest BCUT2D eigenvalue weighted by molar-refractivity contribution is -0.138. The summed E-state index contributed by atoms with van der Waals surface area (Å²) >= 11 is 0. The zero-order chi connectivity index (χ0) is 23.9. The van der Waals surface area contributed by atoms with Crippen LogP contribution in [0.3, 0.4) is 0 Å². The van der Waals surface area contributed by atoms with E-state index < -0.39 is 11.7 Å². The third-order valence-electron chi connectivity index (χ3n) is 6.52. The number of alkyl halides is 3. The number of nitrogens with zero attached hydrogens (tertiary/aromatic N) is 5. The summed E-state index contributed by atoms with van der Waals surface area (Å²) in [6, 6.07) is 7.24. The van der Waals surface area contributed by atoms with Gasteiger partial charge in [-0.2, -0.15) is 13.2 Å². The molecule has 1 spiro atoms. The first-order chi connectivity index (χ1) is 16.2. The Hall–Kier alpha value is -3.56. The Bertz CT molecular complexity index is 1200. The smallest absolute Gasteiger partial charge is 0.352 e. The fourth-order valence-electron chi connectivity index (χ4n) is 4.52. The van der Waals surface area contributed by atoms with Crippen LogP contribution < -0.4 is 5.32 Å². The van der Waals surface area contributed by atoms with Crippen molar-refractivity contribution in [2.24, 2.45) is 5.41 Å². The van der Waals surface area contributed by atoms with Gasteiger partial charge in [-0.15, -0.1) is 0 Å². The van der Waals surface area contributed by atoms with Crippen LogP contribution in [0.4, 0.5) is 19.1 Å². The lowest BCUT2D eigenvalue weighted by atomic mass is 10.0. The molecule has 1 aliphatic carbocycles. The molecule has 34 heavy (non-hydrogen) atoms. The summed E-state index contributed by atoms with van der Waals surface area (Å²) < 4.78 is 38.3. The maximum absolute atomic E-state index is 13.8. The molecule has 0 radical (unpaired) electrons. The largest absolute Gasteiger partial charge is 0.419 e. The summed E-state index contributed by atoms with van der Waals surface area (Å²) in [5, 5.41) is 3.02. The van der Waals surface area contributed by atoms with Gasteiger partial charge in [-0.05, 0) is 43.7 Å². The van der Waals surface area contributed by atoms with Gasteiger partial charge in [0.15, 0.2) is 5.82 Å². The van der Waals surface area contributed by atoms with E-state index in [1.165, 1.54) is 0 Å². The molecule has 1 saturated carbocycles. The topological polar surface area (TPSA) is 83.9 Å². The van der Waals surface area contributed by atoms with E-state index in [2.05, 4.69) is 25.3 Å². The maximum Gasteiger partial charge on any atom is 0.419 e. The summed E-state index contributed by atoms with van der Waals surface area (Å²) in [5.74, 6) is 0.486. The number of hydrogen-bond acceptors (Lipinski definition) is 6. The number of carbonyl (C=O) groups is 1. The van der Waals surface area contributed by atoms with Crippen molar-refractivity contribution in [3.63, 3.8) is 0 Å². The van der Waals surface area contributed by atoms with Gasteiger partial charge in [-0.1, -0.05) is 17.7 Å². The number of likely N-dealkylation sites (tertiary alicyclic amines) is 1. The van der Waals surface area contributed by atoms with Gasteiger partial charge in [-0.25, -0.2) is 19.9 Å². The van der Waals surface area contributed by atoms with E-state index in [9.17, 15) is 18.0 Å². The summed E-state index contributed by atoms with van der Waals surface area (Å²) in [6.07, 6.45) is 3.26. The monoisotopic (exact) mass is 468 g/mol. The van der Waals surface area contributed by atoms with Gasteiger partial charge < -0.3 is 10.2 Å².